The Morgan fingerprint density at radius 1 is 0.568 bits per heavy atom. The molecule has 0 saturated heterocycles. The molecule has 0 fully saturated rings. The van der Waals surface area contributed by atoms with Gasteiger partial charge in [0, 0.05) is 23.6 Å². The minimum Gasteiger partial charge on any atom is -0.505 e. The highest BCUT2D eigenvalue weighted by molar-refractivity contribution is 8.19. The first kappa shape index (κ1) is 63.6. The molecule has 2 amide bonds. The van der Waals surface area contributed by atoms with E-state index in [0.29, 0.717) is 0 Å². The molecule has 0 spiro atoms. The van der Waals surface area contributed by atoms with E-state index in [4.69, 9.17) is 5.26 Å². The summed E-state index contributed by atoms with van der Waals surface area (Å²) in [5.74, 6) is -7.79. The number of phenolic OH excluding ortho intramolecular Hbond substituents is 2. The summed E-state index contributed by atoms with van der Waals surface area (Å²) in [6, 6.07) is 15.1. The van der Waals surface area contributed by atoms with Crippen LogP contribution in [-0.2, 0) is 39.2 Å². The lowest BCUT2D eigenvalue weighted by Gasteiger charge is -2.22. The number of amides is 2. The fourth-order valence-corrected chi connectivity index (χ4v) is 9.94. The molecule has 0 atom stereocenters. The Balaban J connectivity index is 0.909. The van der Waals surface area contributed by atoms with Crippen LogP contribution in [0, 0.1) is 0 Å². The topological polar surface area (TPSA) is 596 Å². The van der Waals surface area contributed by atoms with Crippen LogP contribution in [0.1, 0.15) is 46.4 Å². The Labute approximate surface area is 494 Å². The average Bonchev–Trinajstić information content (AvgIpc) is 1.41. The Bertz CT molecular complexity index is 4510. The van der Waals surface area contributed by atoms with E-state index in [1.807, 2.05) is 0 Å². The van der Waals surface area contributed by atoms with Crippen molar-refractivity contribution < 1.29 is 93.8 Å². The quantitative estimate of drug-likeness (QED) is 0.00704. The molecule has 0 bridgehead atoms. The lowest BCUT2D eigenvalue weighted by Crippen LogP contribution is -2.32. The summed E-state index contributed by atoms with van der Waals surface area (Å²) in [4.78, 5) is 90.7. The van der Waals surface area contributed by atoms with E-state index in [9.17, 15) is 88.8 Å². The van der Waals surface area contributed by atoms with Crippen LogP contribution >= 0.6 is 22.9 Å². The molecule has 2 aromatic heterocycles. The first-order valence-corrected chi connectivity index (χ1v) is 29.1. The Hall–Kier alpha value is -10.4. The van der Waals surface area contributed by atoms with Crippen molar-refractivity contribution in [3.8, 4) is 11.5 Å². The molecule has 88 heavy (non-hydrogen) atoms. The average molecular weight is 1300 g/mol. The number of aromatic carboxylic acids is 2. The van der Waals surface area contributed by atoms with Gasteiger partial charge in [-0.05, 0) is 109 Å². The fraction of sp³-hybridized carbons (Fsp3) is 0.0870. The SMILES string of the molecule is O=C(CCCCC(=O)NNc1nc(Nc2cc(S(O)(O)O)cc3cc(S(=O)(=O)O)c(N=Nc4ccc(C(=O)O)cc4)c(O)c23)nc(=O)[nH]1)NNc1nc(Nc2cc(S(=O)(=O)O)cc3cc(SOOO)c(N=Nc4ccc(C(=O)O)cc4)c(O)c23)nc(=O)[nH]1. The number of carboxylic acids is 2. The van der Waals surface area contributed by atoms with E-state index in [-0.39, 0.29) is 92.7 Å². The minimum absolute atomic E-state index is 0.0379. The molecule has 8 rings (SSSR count). The van der Waals surface area contributed by atoms with Gasteiger partial charge in [-0.3, -0.25) is 50.4 Å². The van der Waals surface area contributed by atoms with Gasteiger partial charge >= 0.3 is 23.3 Å². The molecule has 460 valence electrons. The highest BCUT2D eigenvalue weighted by Gasteiger charge is 2.28. The smallest absolute Gasteiger partial charge is 0.351 e. The molecule has 0 aliphatic rings. The number of aromatic amines is 2. The van der Waals surface area contributed by atoms with Gasteiger partial charge < -0.3 is 44.7 Å². The number of rotatable bonds is 25. The van der Waals surface area contributed by atoms with Crippen molar-refractivity contribution in [2.45, 2.75) is 45.3 Å². The van der Waals surface area contributed by atoms with Crippen molar-refractivity contribution in [2.24, 2.45) is 20.5 Å². The van der Waals surface area contributed by atoms with Crippen LogP contribution in [0.4, 0.5) is 57.9 Å². The van der Waals surface area contributed by atoms with Crippen molar-refractivity contribution in [1.29, 1.82) is 0 Å². The molecule has 0 aliphatic heterocycles. The Kier molecular flexibility index (Phi) is 19.2. The van der Waals surface area contributed by atoms with Gasteiger partial charge in [-0.2, -0.15) is 47.0 Å². The molecule has 0 unspecified atom stereocenters. The van der Waals surface area contributed by atoms with Crippen molar-refractivity contribution in [2.75, 3.05) is 21.5 Å². The van der Waals surface area contributed by atoms with Crippen molar-refractivity contribution in [3.05, 3.63) is 117 Å². The largest absolute Gasteiger partial charge is 0.505 e. The van der Waals surface area contributed by atoms with Gasteiger partial charge in [-0.15, -0.1) is 14.6 Å². The molecule has 0 aliphatic carbocycles. The van der Waals surface area contributed by atoms with Gasteiger partial charge in [0.2, 0.25) is 35.6 Å². The third kappa shape index (κ3) is 15.9. The van der Waals surface area contributed by atoms with E-state index >= 15 is 0 Å². The second-order valence-corrected chi connectivity index (χ2v) is 22.6. The number of carbonyl (C=O) groups excluding carboxylic acids is 2. The number of aromatic hydroxyl groups is 2. The van der Waals surface area contributed by atoms with Gasteiger partial charge in [-0.25, -0.2) is 24.4 Å². The number of azo groups is 2. The first-order chi connectivity index (χ1) is 41.5. The summed E-state index contributed by atoms with van der Waals surface area (Å²) in [6.07, 6.45) is -0.345. The summed E-state index contributed by atoms with van der Waals surface area (Å²) in [6.45, 7) is 0. The number of anilines is 6. The van der Waals surface area contributed by atoms with E-state index in [1.165, 1.54) is 42.5 Å². The Morgan fingerprint density at radius 3 is 1.45 bits per heavy atom. The lowest BCUT2D eigenvalue weighted by atomic mass is 10.1. The zero-order valence-corrected chi connectivity index (χ0v) is 46.8. The zero-order chi connectivity index (χ0) is 63.8. The number of fused-ring (bicyclic) bond motifs is 2. The van der Waals surface area contributed by atoms with E-state index in [0.717, 1.165) is 42.5 Å². The van der Waals surface area contributed by atoms with Crippen LogP contribution in [-0.4, -0.2) is 119 Å². The van der Waals surface area contributed by atoms with Crippen LogP contribution in [0.25, 0.3) is 21.5 Å². The number of carbonyl (C=O) groups is 4. The number of phenols is 2. The van der Waals surface area contributed by atoms with Crippen LogP contribution in [0.3, 0.4) is 0 Å². The monoisotopic (exact) mass is 1300 g/mol. The third-order valence-electron chi connectivity index (χ3n) is 11.5. The highest BCUT2D eigenvalue weighted by atomic mass is 32.3. The maximum Gasteiger partial charge on any atom is 0.351 e. The van der Waals surface area contributed by atoms with Crippen LogP contribution < -0.4 is 43.7 Å². The number of aromatic nitrogens is 6. The van der Waals surface area contributed by atoms with E-state index < -0.39 is 133 Å². The number of hydrogen-bond acceptors (Lipinski definition) is 31. The van der Waals surface area contributed by atoms with Gasteiger partial charge in [-0.1, -0.05) is 5.04 Å². The number of benzene rings is 6. The number of carboxylic acid groups (broad SMARTS) is 2. The molecular weight excluding hydrogens is 1260 g/mol. The second-order valence-electron chi connectivity index (χ2n) is 17.5. The van der Waals surface area contributed by atoms with Crippen LogP contribution in [0.15, 0.2) is 135 Å². The van der Waals surface area contributed by atoms with Crippen LogP contribution in [0.2, 0.25) is 0 Å². The number of nitrogens with zero attached hydrogens (tertiary/aromatic N) is 8. The van der Waals surface area contributed by atoms with Gasteiger partial charge in [0.25, 0.3) is 20.2 Å². The van der Waals surface area contributed by atoms with Gasteiger partial charge in [0.05, 0.1) is 60.6 Å². The van der Waals surface area contributed by atoms with Crippen molar-refractivity contribution in [3.63, 3.8) is 0 Å². The molecule has 6 aromatic carbocycles. The number of hydrogen-bond donors (Lipinski definition) is 18. The predicted molar refractivity (Wildman–Crippen MR) is 304 cm³/mol. The van der Waals surface area contributed by atoms with Crippen molar-refractivity contribution in [1.82, 2.24) is 40.8 Å². The summed E-state index contributed by atoms with van der Waals surface area (Å²) >= 11 is 0.276. The third-order valence-corrected chi connectivity index (χ3v) is 14.7. The second kappa shape index (κ2) is 26.5. The zero-order valence-electron chi connectivity index (χ0n) is 43.5. The van der Waals surface area contributed by atoms with Crippen LogP contribution in [0.5, 0.6) is 11.5 Å². The standard InChI is InChI=1S/C46H40N16O22S4/c63-31(57-61-43-49-41(51-45(71)53-43)47-27-17-25(86(74,75)76)13-21-15-29(85-84-83-73)35(37(65)33(21)27)59-55-23-9-5-19(6-10-23)39(67)68)3-1-2-4-32(64)58-62-44-50-42(52-46(72)54-44)48-28-18-26(87(77,78)79)14-22-16-30(88(80,81)82)36(38(66)34(22)28)60-56-24-11-7-20(8-12-24)40(69)70/h5-18,65-66,73,77-79H,1-4H2,(H,57,63)(H,58,64)(H,67,68)(H,69,70)(H,74,75,76)(H,80,81,82)(H3,47,49,51,53,61,71)(H3,48,50,52,54,62,72). The summed E-state index contributed by atoms with van der Waals surface area (Å²) < 4.78 is 105. The fourth-order valence-electron chi connectivity index (χ4n) is 7.68. The molecule has 38 nitrogen and oxygen atoms in total. The first-order valence-electron chi connectivity index (χ1n) is 23.9. The highest BCUT2D eigenvalue weighted by Crippen LogP contribution is 2.51. The number of hydrazine groups is 2. The predicted octanol–water partition coefficient (Wildman–Crippen LogP) is 6.73. The van der Waals surface area contributed by atoms with Gasteiger partial charge in [0.15, 0.2) is 11.5 Å². The molecular formula is C46H40N16O22S4. The minimum atomic E-state index is -5.25. The summed E-state index contributed by atoms with van der Waals surface area (Å²) in [7, 11) is -14.8. The summed E-state index contributed by atoms with van der Waals surface area (Å²) in [5, 5.41) is 73.5. The van der Waals surface area contributed by atoms with E-state index in [1.54, 1.807) is 0 Å². The molecule has 18 N–H and O–H groups in total. The van der Waals surface area contributed by atoms with Gasteiger partial charge in [0.1, 0.15) is 27.1 Å². The normalized spacial score (nSPS) is 12.1. The number of H-pyrrole nitrogens is 2. The number of unbranched alkanes of at least 4 members (excludes halogenated alkanes) is 1. The Morgan fingerprint density at radius 2 is 1.01 bits per heavy atom. The molecule has 42 heteroatoms. The molecule has 0 saturated carbocycles. The maximum atomic E-state index is 12.8. The summed E-state index contributed by atoms with van der Waals surface area (Å²) in [5.41, 5.74) is 4.81. The number of nitrogens with one attached hydrogen (secondary N) is 8. The molecule has 0 radical (unpaired) electrons. The van der Waals surface area contributed by atoms with E-state index in [2.05, 4.69) is 92.1 Å². The maximum absolute atomic E-state index is 12.8. The molecule has 8 aromatic rings. The lowest BCUT2D eigenvalue weighted by molar-refractivity contribution is -0.432. The molecule has 2 heterocycles. The van der Waals surface area contributed by atoms with Crippen molar-refractivity contribution >= 4 is 146 Å².